The third-order valence-electron chi connectivity index (χ3n) is 4.31. The fourth-order valence-electron chi connectivity index (χ4n) is 3.24. The van der Waals surface area contributed by atoms with Gasteiger partial charge in [0.1, 0.15) is 0 Å². The number of nitrogens with one attached hydrogen (secondary N) is 1. The van der Waals surface area contributed by atoms with Crippen molar-refractivity contribution < 1.29 is 0 Å². The summed E-state index contributed by atoms with van der Waals surface area (Å²) in [5.74, 6) is 0.724. The summed E-state index contributed by atoms with van der Waals surface area (Å²) in [5.41, 5.74) is 1.66. The van der Waals surface area contributed by atoms with Crippen molar-refractivity contribution >= 4 is 15.9 Å². The molecule has 0 aromatic carbocycles. The van der Waals surface area contributed by atoms with E-state index < -0.39 is 0 Å². The van der Waals surface area contributed by atoms with Crippen LogP contribution >= 0.6 is 15.9 Å². The van der Waals surface area contributed by atoms with Crippen molar-refractivity contribution in [3.05, 3.63) is 28.5 Å². The number of aromatic nitrogens is 1. The van der Waals surface area contributed by atoms with Gasteiger partial charge in [-0.15, -0.1) is 0 Å². The molecule has 1 saturated carbocycles. The van der Waals surface area contributed by atoms with E-state index >= 15 is 0 Å². The van der Waals surface area contributed by atoms with Gasteiger partial charge >= 0.3 is 0 Å². The molecule has 0 atom stereocenters. The van der Waals surface area contributed by atoms with Gasteiger partial charge in [0, 0.05) is 22.9 Å². The number of halogens is 1. The van der Waals surface area contributed by atoms with Crippen molar-refractivity contribution in [1.29, 1.82) is 0 Å². The van der Waals surface area contributed by atoms with Gasteiger partial charge in [-0.3, -0.25) is 4.98 Å². The first-order valence-corrected chi connectivity index (χ1v) is 8.70. The van der Waals surface area contributed by atoms with Crippen LogP contribution in [0.1, 0.15) is 51.6 Å². The highest BCUT2D eigenvalue weighted by molar-refractivity contribution is 9.10. The Labute approximate surface area is 131 Å². The Morgan fingerprint density at radius 2 is 2.00 bits per heavy atom. The minimum Gasteiger partial charge on any atom is -0.316 e. The third-order valence-corrected chi connectivity index (χ3v) is 4.78. The van der Waals surface area contributed by atoms with Crippen LogP contribution < -0.4 is 5.32 Å². The zero-order chi connectivity index (χ0) is 14.4. The molecule has 112 valence electrons. The lowest BCUT2D eigenvalue weighted by molar-refractivity contribution is 0.177. The zero-order valence-corrected chi connectivity index (χ0v) is 14.4. The Hall–Kier alpha value is -0.410. The molecule has 0 bridgehead atoms. The molecule has 1 fully saturated rings. The van der Waals surface area contributed by atoms with Crippen LogP contribution in [0.25, 0.3) is 0 Å². The SMILES string of the molecule is CC(C)CNCC1(Cc2ccc(Br)cn2)CCCCC1. The maximum atomic E-state index is 4.59. The van der Waals surface area contributed by atoms with E-state index in [1.54, 1.807) is 0 Å². The van der Waals surface area contributed by atoms with Crippen LogP contribution in [0.3, 0.4) is 0 Å². The second-order valence-corrected chi connectivity index (χ2v) is 7.65. The predicted octanol–water partition coefficient (Wildman–Crippen LogP) is 4.58. The van der Waals surface area contributed by atoms with Crippen LogP contribution in [0, 0.1) is 11.3 Å². The maximum absolute atomic E-state index is 4.59. The quantitative estimate of drug-likeness (QED) is 0.820. The predicted molar refractivity (Wildman–Crippen MR) is 88.9 cm³/mol. The molecular formula is C17H27BrN2. The fourth-order valence-corrected chi connectivity index (χ4v) is 3.47. The lowest BCUT2D eigenvalue weighted by Crippen LogP contribution is -2.39. The molecule has 1 aromatic rings. The van der Waals surface area contributed by atoms with Crippen molar-refractivity contribution in [1.82, 2.24) is 10.3 Å². The summed E-state index contributed by atoms with van der Waals surface area (Å²) >= 11 is 3.47. The molecule has 3 heteroatoms. The number of hydrogen-bond donors (Lipinski definition) is 1. The minimum absolute atomic E-state index is 0.425. The number of hydrogen-bond acceptors (Lipinski definition) is 2. The fraction of sp³-hybridized carbons (Fsp3) is 0.706. The Morgan fingerprint density at radius 1 is 1.25 bits per heavy atom. The monoisotopic (exact) mass is 338 g/mol. The lowest BCUT2D eigenvalue weighted by atomic mass is 9.71. The highest BCUT2D eigenvalue weighted by Crippen LogP contribution is 2.38. The topological polar surface area (TPSA) is 24.9 Å². The van der Waals surface area contributed by atoms with E-state index in [2.05, 4.69) is 52.2 Å². The Balaban J connectivity index is 2.00. The second kappa shape index (κ2) is 7.56. The zero-order valence-electron chi connectivity index (χ0n) is 12.8. The van der Waals surface area contributed by atoms with E-state index in [1.165, 1.54) is 37.8 Å². The van der Waals surface area contributed by atoms with Gasteiger partial charge in [0.15, 0.2) is 0 Å². The first-order chi connectivity index (χ1) is 9.60. The maximum Gasteiger partial charge on any atom is 0.0413 e. The molecule has 0 unspecified atom stereocenters. The van der Waals surface area contributed by atoms with Crippen LogP contribution in [-0.2, 0) is 6.42 Å². The van der Waals surface area contributed by atoms with Crippen LogP contribution in [-0.4, -0.2) is 18.1 Å². The van der Waals surface area contributed by atoms with Crippen molar-refractivity contribution in [2.24, 2.45) is 11.3 Å². The molecule has 0 amide bonds. The smallest absolute Gasteiger partial charge is 0.0413 e. The van der Waals surface area contributed by atoms with E-state index in [9.17, 15) is 0 Å². The molecule has 0 saturated heterocycles. The molecule has 1 heterocycles. The highest BCUT2D eigenvalue weighted by atomic mass is 79.9. The number of rotatable bonds is 6. The third kappa shape index (κ3) is 4.85. The van der Waals surface area contributed by atoms with Crippen molar-refractivity contribution in [2.75, 3.05) is 13.1 Å². The standard InChI is InChI=1S/C17H27BrN2/c1-14(2)11-19-13-17(8-4-3-5-9-17)10-16-7-6-15(18)12-20-16/h6-7,12,14,19H,3-5,8-11,13H2,1-2H3. The molecule has 0 radical (unpaired) electrons. The molecule has 1 N–H and O–H groups in total. The first kappa shape index (κ1) is 16.0. The molecule has 0 spiro atoms. The molecule has 0 aliphatic heterocycles. The normalized spacial score (nSPS) is 18.4. The van der Waals surface area contributed by atoms with Crippen LogP contribution in [0.15, 0.2) is 22.8 Å². The van der Waals surface area contributed by atoms with Gasteiger partial charge in [-0.1, -0.05) is 33.1 Å². The minimum atomic E-state index is 0.425. The average Bonchev–Trinajstić information content (AvgIpc) is 2.42. The number of pyridine rings is 1. The Bertz CT molecular complexity index is 394. The molecule has 1 aromatic heterocycles. The van der Waals surface area contributed by atoms with Gasteiger partial charge in [-0.25, -0.2) is 0 Å². The highest BCUT2D eigenvalue weighted by Gasteiger charge is 2.32. The van der Waals surface area contributed by atoms with Crippen molar-refractivity contribution in [2.45, 2.75) is 52.4 Å². The van der Waals surface area contributed by atoms with Crippen LogP contribution in [0.5, 0.6) is 0 Å². The Kier molecular flexibility index (Phi) is 6.03. The molecule has 2 rings (SSSR count). The summed E-state index contributed by atoms with van der Waals surface area (Å²) in [6, 6.07) is 4.28. The second-order valence-electron chi connectivity index (χ2n) is 6.73. The summed E-state index contributed by atoms with van der Waals surface area (Å²) in [4.78, 5) is 4.59. The molecule has 20 heavy (non-hydrogen) atoms. The van der Waals surface area contributed by atoms with Gasteiger partial charge in [-0.2, -0.15) is 0 Å². The summed E-state index contributed by atoms with van der Waals surface area (Å²) in [7, 11) is 0. The van der Waals surface area contributed by atoms with Gasteiger partial charge < -0.3 is 5.32 Å². The summed E-state index contributed by atoms with van der Waals surface area (Å²) in [5, 5.41) is 3.69. The van der Waals surface area contributed by atoms with Gasteiger partial charge in [0.05, 0.1) is 0 Å². The van der Waals surface area contributed by atoms with Crippen molar-refractivity contribution in [3.63, 3.8) is 0 Å². The Morgan fingerprint density at radius 3 is 2.60 bits per heavy atom. The summed E-state index contributed by atoms with van der Waals surface area (Å²) in [6.07, 6.45) is 9.88. The van der Waals surface area contributed by atoms with Crippen molar-refractivity contribution in [3.8, 4) is 0 Å². The van der Waals surface area contributed by atoms with Gasteiger partial charge in [0.2, 0.25) is 0 Å². The van der Waals surface area contributed by atoms with E-state index in [0.717, 1.165) is 29.9 Å². The van der Waals surface area contributed by atoms with E-state index in [4.69, 9.17) is 0 Å². The molecular weight excluding hydrogens is 312 g/mol. The van der Waals surface area contributed by atoms with E-state index in [0.29, 0.717) is 5.41 Å². The number of nitrogens with zero attached hydrogens (tertiary/aromatic N) is 1. The van der Waals surface area contributed by atoms with E-state index in [1.807, 2.05) is 6.20 Å². The molecule has 1 aliphatic rings. The summed E-state index contributed by atoms with van der Waals surface area (Å²) in [6.45, 7) is 6.81. The van der Waals surface area contributed by atoms with E-state index in [-0.39, 0.29) is 0 Å². The summed E-state index contributed by atoms with van der Waals surface area (Å²) < 4.78 is 1.07. The first-order valence-electron chi connectivity index (χ1n) is 7.91. The average molecular weight is 339 g/mol. The lowest BCUT2D eigenvalue weighted by Gasteiger charge is -2.38. The largest absolute Gasteiger partial charge is 0.316 e. The van der Waals surface area contributed by atoms with Crippen LogP contribution in [0.2, 0.25) is 0 Å². The van der Waals surface area contributed by atoms with Crippen LogP contribution in [0.4, 0.5) is 0 Å². The van der Waals surface area contributed by atoms with Gasteiger partial charge in [0.25, 0.3) is 0 Å². The molecule has 1 aliphatic carbocycles. The molecule has 2 nitrogen and oxygen atoms in total. The van der Waals surface area contributed by atoms with Gasteiger partial charge in [-0.05, 0) is 65.2 Å².